The van der Waals surface area contributed by atoms with Crippen LogP contribution >= 0.6 is 0 Å². The van der Waals surface area contributed by atoms with Crippen LogP contribution in [0.5, 0.6) is 11.5 Å². The Morgan fingerprint density at radius 2 is 1.67 bits per heavy atom. The maximum absolute atomic E-state index is 14.4. The van der Waals surface area contributed by atoms with E-state index in [0.29, 0.717) is 31.1 Å². The van der Waals surface area contributed by atoms with Gasteiger partial charge in [0.05, 0.1) is 13.2 Å². The molecule has 2 aliphatic rings. The summed E-state index contributed by atoms with van der Waals surface area (Å²) in [5.74, 6) is 0.988. The first-order valence-electron chi connectivity index (χ1n) is 6.64. The molecule has 0 spiro atoms. The van der Waals surface area contributed by atoms with E-state index in [4.69, 9.17) is 15.2 Å². The minimum atomic E-state index is -0.208. The Hall–Kier alpha value is -1.29. The summed E-state index contributed by atoms with van der Waals surface area (Å²) in [5, 5.41) is 0. The maximum Gasteiger partial charge on any atom is 0.172 e. The van der Waals surface area contributed by atoms with Gasteiger partial charge < -0.3 is 15.2 Å². The summed E-state index contributed by atoms with van der Waals surface area (Å²) in [6.07, 6.45) is 4.12. The van der Waals surface area contributed by atoms with Gasteiger partial charge in [0.2, 0.25) is 0 Å². The number of halogens is 1. The molecular formula is C14H18FNO2. The van der Waals surface area contributed by atoms with Crippen LogP contribution in [0, 0.1) is 5.82 Å². The lowest BCUT2D eigenvalue weighted by Crippen LogP contribution is -2.20. The fourth-order valence-corrected chi connectivity index (χ4v) is 2.89. The van der Waals surface area contributed by atoms with Gasteiger partial charge in [0.1, 0.15) is 5.75 Å². The molecule has 0 radical (unpaired) electrons. The fraction of sp³-hybridized carbons (Fsp3) is 0.571. The summed E-state index contributed by atoms with van der Waals surface area (Å²) in [6, 6.07) is 0. The van der Waals surface area contributed by atoms with E-state index in [0.717, 1.165) is 49.0 Å². The van der Waals surface area contributed by atoms with Crippen molar-refractivity contribution in [1.82, 2.24) is 0 Å². The van der Waals surface area contributed by atoms with Crippen molar-refractivity contribution >= 4 is 0 Å². The third-order valence-electron chi connectivity index (χ3n) is 3.68. The Labute approximate surface area is 106 Å². The van der Waals surface area contributed by atoms with Crippen LogP contribution in [0.3, 0.4) is 0 Å². The lowest BCUT2D eigenvalue weighted by atomic mass is 9.91. The van der Waals surface area contributed by atoms with Gasteiger partial charge in [0.15, 0.2) is 11.6 Å². The summed E-state index contributed by atoms with van der Waals surface area (Å²) in [5.41, 5.74) is 8.41. The van der Waals surface area contributed by atoms with Crippen molar-refractivity contribution in [2.45, 2.75) is 32.1 Å². The van der Waals surface area contributed by atoms with E-state index in [9.17, 15) is 4.39 Å². The number of benzene rings is 1. The molecule has 3 nitrogen and oxygen atoms in total. The molecule has 1 aromatic rings. The Morgan fingerprint density at radius 3 is 2.39 bits per heavy atom. The molecule has 18 heavy (non-hydrogen) atoms. The highest BCUT2D eigenvalue weighted by Gasteiger charge is 2.28. The smallest absolute Gasteiger partial charge is 0.172 e. The minimum absolute atomic E-state index is 0.208. The first kappa shape index (κ1) is 11.8. The number of ether oxygens (including phenoxy) is 2. The Bertz CT molecular complexity index is 436. The van der Waals surface area contributed by atoms with Gasteiger partial charge in [-0.3, -0.25) is 0 Å². The van der Waals surface area contributed by atoms with Gasteiger partial charge >= 0.3 is 0 Å². The van der Waals surface area contributed by atoms with Crippen LogP contribution in [0.2, 0.25) is 0 Å². The molecule has 4 heteroatoms. The summed E-state index contributed by atoms with van der Waals surface area (Å²) in [7, 11) is 0. The number of fused-ring (bicyclic) bond motifs is 2. The van der Waals surface area contributed by atoms with E-state index >= 15 is 0 Å². The van der Waals surface area contributed by atoms with Gasteiger partial charge in [0, 0.05) is 16.7 Å². The average Bonchev–Trinajstić information content (AvgIpc) is 2.43. The Kier molecular flexibility index (Phi) is 3.12. The fourth-order valence-electron chi connectivity index (χ4n) is 2.89. The van der Waals surface area contributed by atoms with E-state index in [-0.39, 0.29) is 5.82 Å². The molecule has 0 bridgehead atoms. The molecular weight excluding hydrogens is 233 g/mol. The van der Waals surface area contributed by atoms with Crippen molar-refractivity contribution in [3.63, 3.8) is 0 Å². The second kappa shape index (κ2) is 4.76. The van der Waals surface area contributed by atoms with Crippen molar-refractivity contribution in [3.05, 3.63) is 22.5 Å². The second-order valence-corrected chi connectivity index (χ2v) is 4.85. The molecule has 0 atom stereocenters. The monoisotopic (exact) mass is 251 g/mol. The van der Waals surface area contributed by atoms with Gasteiger partial charge in [-0.1, -0.05) is 0 Å². The Morgan fingerprint density at radius 1 is 1.00 bits per heavy atom. The third-order valence-corrected chi connectivity index (χ3v) is 3.68. The molecule has 0 aromatic heterocycles. The van der Waals surface area contributed by atoms with Crippen LogP contribution in [0.1, 0.15) is 29.5 Å². The van der Waals surface area contributed by atoms with Crippen LogP contribution in [0.25, 0.3) is 0 Å². The van der Waals surface area contributed by atoms with Crippen molar-refractivity contribution in [1.29, 1.82) is 0 Å². The predicted octanol–water partition coefficient (Wildman–Crippen LogP) is 1.98. The van der Waals surface area contributed by atoms with Gasteiger partial charge in [-0.2, -0.15) is 0 Å². The quantitative estimate of drug-likeness (QED) is 0.874. The van der Waals surface area contributed by atoms with Gasteiger partial charge in [0.25, 0.3) is 0 Å². The normalized spacial score (nSPS) is 17.4. The SMILES string of the molecule is NCCc1c2c(c(F)c3c1OCCC3)OCCC2. The van der Waals surface area contributed by atoms with Gasteiger partial charge in [-0.05, 0) is 38.6 Å². The van der Waals surface area contributed by atoms with E-state index in [2.05, 4.69) is 0 Å². The number of hydrogen-bond acceptors (Lipinski definition) is 3. The standard InChI is InChI=1S/C14H18FNO2/c15-12-11-4-2-7-17-13(11)10(5-6-16)9-3-1-8-18-14(9)12/h1-8,16H2. The van der Waals surface area contributed by atoms with Gasteiger partial charge in [-0.25, -0.2) is 4.39 Å². The highest BCUT2D eigenvalue weighted by molar-refractivity contribution is 5.56. The molecule has 0 amide bonds. The molecule has 0 saturated heterocycles. The van der Waals surface area contributed by atoms with Gasteiger partial charge in [-0.15, -0.1) is 0 Å². The van der Waals surface area contributed by atoms with Crippen LogP contribution in [-0.2, 0) is 19.3 Å². The predicted molar refractivity (Wildman–Crippen MR) is 66.8 cm³/mol. The summed E-state index contributed by atoms with van der Waals surface area (Å²) in [6.45, 7) is 1.82. The Balaban J connectivity index is 2.20. The molecule has 2 heterocycles. The van der Waals surface area contributed by atoms with Crippen LogP contribution in [0.4, 0.5) is 4.39 Å². The van der Waals surface area contributed by atoms with Crippen molar-refractivity contribution in [3.8, 4) is 11.5 Å². The van der Waals surface area contributed by atoms with E-state index in [1.54, 1.807) is 0 Å². The molecule has 2 N–H and O–H groups in total. The zero-order valence-corrected chi connectivity index (χ0v) is 10.4. The summed E-state index contributed by atoms with van der Waals surface area (Å²) in [4.78, 5) is 0. The molecule has 0 aliphatic carbocycles. The highest BCUT2D eigenvalue weighted by Crippen LogP contribution is 2.42. The second-order valence-electron chi connectivity index (χ2n) is 4.85. The first-order valence-corrected chi connectivity index (χ1v) is 6.64. The van der Waals surface area contributed by atoms with Crippen molar-refractivity contribution < 1.29 is 13.9 Å². The van der Waals surface area contributed by atoms with Crippen LogP contribution in [0.15, 0.2) is 0 Å². The molecule has 0 saturated carbocycles. The molecule has 98 valence electrons. The first-order chi connectivity index (χ1) is 8.83. The lowest BCUT2D eigenvalue weighted by molar-refractivity contribution is 0.253. The molecule has 3 rings (SSSR count). The number of rotatable bonds is 2. The van der Waals surface area contributed by atoms with E-state index < -0.39 is 0 Å². The van der Waals surface area contributed by atoms with Crippen molar-refractivity contribution in [2.24, 2.45) is 5.73 Å². The highest BCUT2D eigenvalue weighted by atomic mass is 19.1. The van der Waals surface area contributed by atoms with Crippen LogP contribution < -0.4 is 15.2 Å². The maximum atomic E-state index is 14.4. The molecule has 2 aliphatic heterocycles. The summed E-state index contributed by atoms with van der Waals surface area (Å²) < 4.78 is 25.7. The molecule has 1 aromatic carbocycles. The molecule has 0 unspecified atom stereocenters. The van der Waals surface area contributed by atoms with Crippen LogP contribution in [-0.4, -0.2) is 19.8 Å². The number of nitrogens with two attached hydrogens (primary N) is 1. The lowest BCUT2D eigenvalue weighted by Gasteiger charge is -2.28. The number of hydrogen-bond donors (Lipinski definition) is 1. The minimum Gasteiger partial charge on any atom is -0.493 e. The zero-order chi connectivity index (χ0) is 12.5. The average molecular weight is 251 g/mol. The van der Waals surface area contributed by atoms with Crippen molar-refractivity contribution in [2.75, 3.05) is 19.8 Å². The topological polar surface area (TPSA) is 44.5 Å². The third kappa shape index (κ3) is 1.75. The molecule has 0 fully saturated rings. The van der Waals surface area contributed by atoms with E-state index in [1.165, 1.54) is 0 Å². The largest absolute Gasteiger partial charge is 0.493 e. The summed E-state index contributed by atoms with van der Waals surface area (Å²) >= 11 is 0. The zero-order valence-electron chi connectivity index (χ0n) is 10.4. The van der Waals surface area contributed by atoms with E-state index in [1.807, 2.05) is 0 Å².